The number of H-pyrrole nitrogens is 1. The summed E-state index contributed by atoms with van der Waals surface area (Å²) < 4.78 is 16.0. The first-order chi connectivity index (χ1) is 9.12. The molecule has 0 aliphatic rings. The summed E-state index contributed by atoms with van der Waals surface area (Å²) >= 11 is 0. The molecule has 2 rings (SSSR count). The van der Waals surface area contributed by atoms with E-state index >= 15 is 0 Å². The van der Waals surface area contributed by atoms with Crippen LogP contribution in [0.25, 0.3) is 11.1 Å². The molecule has 19 heavy (non-hydrogen) atoms. The highest BCUT2D eigenvalue weighted by atomic mass is 16.5. The maximum absolute atomic E-state index is 5.91. The third-order valence-electron chi connectivity index (χ3n) is 2.94. The van der Waals surface area contributed by atoms with E-state index in [0.717, 1.165) is 16.8 Å². The van der Waals surface area contributed by atoms with Crippen molar-refractivity contribution in [2.45, 2.75) is 6.92 Å². The van der Waals surface area contributed by atoms with Gasteiger partial charge >= 0.3 is 0 Å². The van der Waals surface area contributed by atoms with Gasteiger partial charge in [-0.05, 0) is 6.92 Å². The number of ether oxygens (including phenoxy) is 3. The van der Waals surface area contributed by atoms with Crippen LogP contribution in [0.5, 0.6) is 17.2 Å². The fourth-order valence-electron chi connectivity index (χ4n) is 2.02. The number of anilines is 1. The van der Waals surface area contributed by atoms with E-state index in [0.29, 0.717) is 23.1 Å². The first-order valence-corrected chi connectivity index (χ1v) is 5.73. The highest BCUT2D eigenvalue weighted by molar-refractivity contribution is 5.85. The summed E-state index contributed by atoms with van der Waals surface area (Å²) in [4.78, 5) is 0. The first kappa shape index (κ1) is 13.1. The molecule has 0 unspecified atom stereocenters. The van der Waals surface area contributed by atoms with Crippen LogP contribution in [0.15, 0.2) is 12.1 Å². The molecule has 0 aliphatic carbocycles. The summed E-state index contributed by atoms with van der Waals surface area (Å²) in [6.07, 6.45) is 0. The van der Waals surface area contributed by atoms with E-state index in [9.17, 15) is 0 Å². The van der Waals surface area contributed by atoms with Crippen molar-refractivity contribution in [1.82, 2.24) is 10.2 Å². The Balaban J connectivity index is 2.74. The van der Waals surface area contributed by atoms with Crippen LogP contribution in [-0.4, -0.2) is 31.5 Å². The van der Waals surface area contributed by atoms with Crippen molar-refractivity contribution in [3.8, 4) is 28.4 Å². The molecule has 6 nitrogen and oxygen atoms in total. The Morgan fingerprint density at radius 2 is 1.58 bits per heavy atom. The Bertz CT molecular complexity index is 548. The molecule has 102 valence electrons. The first-order valence-electron chi connectivity index (χ1n) is 5.73. The maximum atomic E-state index is 5.91. The van der Waals surface area contributed by atoms with E-state index in [1.54, 1.807) is 33.5 Å². The van der Waals surface area contributed by atoms with E-state index in [1.807, 2.05) is 6.92 Å². The number of benzene rings is 1. The summed E-state index contributed by atoms with van der Waals surface area (Å²) in [7, 11) is 4.76. The lowest BCUT2D eigenvalue weighted by Gasteiger charge is -2.15. The van der Waals surface area contributed by atoms with Gasteiger partial charge in [0.25, 0.3) is 0 Å². The standard InChI is InChI=1S/C13H17N3O3/c1-7-11(13(14)16-15-7)12-9(18-3)5-8(17-2)6-10(12)19-4/h5-6H,1-4H3,(H3,14,15,16). The van der Waals surface area contributed by atoms with E-state index in [1.165, 1.54) is 0 Å². The number of rotatable bonds is 4. The molecule has 2 aromatic rings. The molecule has 3 N–H and O–H groups in total. The number of nitrogens with zero attached hydrogens (tertiary/aromatic N) is 1. The van der Waals surface area contributed by atoms with Gasteiger partial charge in [0, 0.05) is 17.8 Å². The van der Waals surface area contributed by atoms with Crippen LogP contribution in [0.3, 0.4) is 0 Å². The van der Waals surface area contributed by atoms with Gasteiger partial charge in [-0.15, -0.1) is 0 Å². The molecule has 6 heteroatoms. The minimum atomic E-state index is 0.402. The topological polar surface area (TPSA) is 82.4 Å². The molecule has 0 amide bonds. The van der Waals surface area contributed by atoms with Crippen LogP contribution in [0.2, 0.25) is 0 Å². The minimum absolute atomic E-state index is 0.402. The number of nitrogens with one attached hydrogen (secondary N) is 1. The van der Waals surface area contributed by atoms with Crippen LogP contribution in [0, 0.1) is 6.92 Å². The van der Waals surface area contributed by atoms with Gasteiger partial charge in [0.2, 0.25) is 0 Å². The highest BCUT2D eigenvalue weighted by Crippen LogP contribution is 2.44. The fraction of sp³-hybridized carbons (Fsp3) is 0.308. The van der Waals surface area contributed by atoms with Crippen LogP contribution in [0.1, 0.15) is 5.69 Å². The molecule has 0 aliphatic heterocycles. The van der Waals surface area contributed by atoms with Crippen LogP contribution < -0.4 is 19.9 Å². The molecule has 1 aromatic carbocycles. The second kappa shape index (κ2) is 5.09. The molecular weight excluding hydrogens is 246 g/mol. The quantitative estimate of drug-likeness (QED) is 0.881. The zero-order chi connectivity index (χ0) is 14.0. The molecule has 0 radical (unpaired) electrons. The number of aromatic nitrogens is 2. The van der Waals surface area contributed by atoms with Crippen molar-refractivity contribution in [3.63, 3.8) is 0 Å². The summed E-state index contributed by atoms with van der Waals surface area (Å²) in [6, 6.07) is 3.56. The molecule has 0 bridgehead atoms. The SMILES string of the molecule is COc1cc(OC)c(-c2c(N)n[nH]c2C)c(OC)c1. The molecule has 1 heterocycles. The van der Waals surface area contributed by atoms with E-state index in [2.05, 4.69) is 10.2 Å². The number of nitrogens with two attached hydrogens (primary N) is 1. The van der Waals surface area contributed by atoms with Gasteiger partial charge in [-0.25, -0.2) is 0 Å². The average molecular weight is 263 g/mol. The number of hydrogen-bond acceptors (Lipinski definition) is 5. The lowest BCUT2D eigenvalue weighted by atomic mass is 10.0. The number of hydrogen-bond donors (Lipinski definition) is 2. The van der Waals surface area contributed by atoms with E-state index in [4.69, 9.17) is 19.9 Å². The molecule has 0 fully saturated rings. The van der Waals surface area contributed by atoms with Crippen molar-refractivity contribution in [1.29, 1.82) is 0 Å². The smallest absolute Gasteiger partial charge is 0.153 e. The molecular formula is C13H17N3O3. The van der Waals surface area contributed by atoms with Gasteiger partial charge in [0.05, 0.1) is 32.5 Å². The van der Waals surface area contributed by atoms with Gasteiger partial charge in [-0.3, -0.25) is 5.10 Å². The number of methoxy groups -OCH3 is 3. The van der Waals surface area contributed by atoms with Gasteiger partial charge < -0.3 is 19.9 Å². The third kappa shape index (κ3) is 2.16. The third-order valence-corrected chi connectivity index (χ3v) is 2.94. The molecule has 1 aromatic heterocycles. The number of aromatic amines is 1. The summed E-state index contributed by atoms with van der Waals surface area (Å²) in [5.41, 5.74) is 8.29. The molecule has 0 saturated heterocycles. The number of aryl methyl sites for hydroxylation is 1. The van der Waals surface area contributed by atoms with Crippen LogP contribution >= 0.6 is 0 Å². The van der Waals surface area contributed by atoms with Gasteiger partial charge in [0.15, 0.2) is 5.82 Å². The van der Waals surface area contributed by atoms with Crippen LogP contribution in [-0.2, 0) is 0 Å². The second-order valence-electron chi connectivity index (χ2n) is 4.02. The van der Waals surface area contributed by atoms with Crippen molar-refractivity contribution in [3.05, 3.63) is 17.8 Å². The monoisotopic (exact) mass is 263 g/mol. The summed E-state index contributed by atoms with van der Waals surface area (Å²) in [5.74, 6) is 2.29. The lowest BCUT2D eigenvalue weighted by Crippen LogP contribution is -1.97. The zero-order valence-electron chi connectivity index (χ0n) is 11.4. The highest BCUT2D eigenvalue weighted by Gasteiger charge is 2.20. The Kier molecular flexibility index (Phi) is 3.50. The van der Waals surface area contributed by atoms with E-state index in [-0.39, 0.29) is 0 Å². The normalized spacial score (nSPS) is 10.3. The largest absolute Gasteiger partial charge is 0.496 e. The molecule has 0 saturated carbocycles. The molecule has 0 atom stereocenters. The summed E-state index contributed by atoms with van der Waals surface area (Å²) in [6.45, 7) is 1.89. The van der Waals surface area contributed by atoms with Crippen molar-refractivity contribution in [2.24, 2.45) is 0 Å². The number of nitrogen functional groups attached to an aromatic ring is 1. The zero-order valence-corrected chi connectivity index (χ0v) is 11.4. The van der Waals surface area contributed by atoms with Crippen molar-refractivity contribution in [2.75, 3.05) is 27.1 Å². The second-order valence-corrected chi connectivity index (χ2v) is 4.02. The minimum Gasteiger partial charge on any atom is -0.496 e. The van der Waals surface area contributed by atoms with Gasteiger partial charge in [-0.1, -0.05) is 0 Å². The fourth-order valence-corrected chi connectivity index (χ4v) is 2.02. The Morgan fingerprint density at radius 3 is 1.95 bits per heavy atom. The van der Waals surface area contributed by atoms with Crippen LogP contribution in [0.4, 0.5) is 5.82 Å². The van der Waals surface area contributed by atoms with Gasteiger partial charge in [0.1, 0.15) is 17.2 Å². The molecule has 0 spiro atoms. The average Bonchev–Trinajstić information content (AvgIpc) is 2.76. The summed E-state index contributed by atoms with van der Waals surface area (Å²) in [5, 5.41) is 6.85. The Labute approximate surface area is 111 Å². The van der Waals surface area contributed by atoms with Crippen molar-refractivity contribution >= 4 is 5.82 Å². The predicted molar refractivity (Wildman–Crippen MR) is 72.8 cm³/mol. The maximum Gasteiger partial charge on any atom is 0.153 e. The Hall–Kier alpha value is -2.37. The lowest BCUT2D eigenvalue weighted by molar-refractivity contribution is 0.377. The predicted octanol–water partition coefficient (Wildman–Crippen LogP) is 1.99. The van der Waals surface area contributed by atoms with E-state index < -0.39 is 0 Å². The van der Waals surface area contributed by atoms with Crippen molar-refractivity contribution < 1.29 is 14.2 Å². The van der Waals surface area contributed by atoms with Gasteiger partial charge in [-0.2, -0.15) is 5.10 Å². The Morgan fingerprint density at radius 1 is 1.00 bits per heavy atom.